The molecule has 1 saturated carbocycles. The van der Waals surface area contributed by atoms with E-state index in [1.165, 1.54) is 6.07 Å². The van der Waals surface area contributed by atoms with E-state index in [1.807, 2.05) is 0 Å². The van der Waals surface area contributed by atoms with Gasteiger partial charge >= 0.3 is 6.18 Å². The molecule has 7 heteroatoms. The van der Waals surface area contributed by atoms with Gasteiger partial charge in [0.15, 0.2) is 0 Å². The van der Waals surface area contributed by atoms with Gasteiger partial charge in [0.2, 0.25) is 5.91 Å². The first-order chi connectivity index (χ1) is 9.29. The number of carbonyl (C=O) groups is 1. The molecule has 1 fully saturated rings. The van der Waals surface area contributed by atoms with Crippen molar-refractivity contribution in [1.82, 2.24) is 4.90 Å². The van der Waals surface area contributed by atoms with Gasteiger partial charge in [0, 0.05) is 13.1 Å². The summed E-state index contributed by atoms with van der Waals surface area (Å²) in [5.74, 6) is -0.166. The summed E-state index contributed by atoms with van der Waals surface area (Å²) >= 11 is 5.83. The monoisotopic (exact) mass is 306 g/mol. The number of rotatable bonds is 4. The highest BCUT2D eigenvalue weighted by atomic mass is 35.5. The number of likely N-dealkylation sites (N-methyl/N-ethyl adjacent to an activating group) is 1. The van der Waals surface area contributed by atoms with Gasteiger partial charge < -0.3 is 10.2 Å². The van der Waals surface area contributed by atoms with E-state index in [0.717, 1.165) is 25.0 Å². The fourth-order valence-corrected chi connectivity index (χ4v) is 1.98. The predicted octanol–water partition coefficient (Wildman–Crippen LogP) is 3.39. The van der Waals surface area contributed by atoms with E-state index in [1.54, 1.807) is 11.9 Å². The van der Waals surface area contributed by atoms with Gasteiger partial charge in [0.25, 0.3) is 0 Å². The molecule has 110 valence electrons. The lowest BCUT2D eigenvalue weighted by Gasteiger charge is -2.18. The van der Waals surface area contributed by atoms with Gasteiger partial charge in [0.1, 0.15) is 0 Å². The Morgan fingerprint density at radius 3 is 2.65 bits per heavy atom. The third-order valence-electron chi connectivity index (χ3n) is 3.21. The predicted molar refractivity (Wildman–Crippen MR) is 70.7 cm³/mol. The standard InChI is InChI=1S/C13H14ClF3N2O/c1-19(9-3-4-9)12(20)7-18-11-6-8(13(15,16)17)2-5-10(11)14/h2,5-6,9,18H,3-4,7H2,1H3. The van der Waals surface area contributed by atoms with Crippen LogP contribution in [0, 0.1) is 0 Å². The van der Waals surface area contributed by atoms with Crippen LogP contribution in [0.3, 0.4) is 0 Å². The van der Waals surface area contributed by atoms with E-state index in [4.69, 9.17) is 11.6 Å². The van der Waals surface area contributed by atoms with Crippen LogP contribution in [0.4, 0.5) is 18.9 Å². The van der Waals surface area contributed by atoms with Crippen molar-refractivity contribution in [3.8, 4) is 0 Å². The van der Waals surface area contributed by atoms with E-state index in [9.17, 15) is 18.0 Å². The molecule has 0 atom stereocenters. The van der Waals surface area contributed by atoms with Crippen LogP contribution in [0.5, 0.6) is 0 Å². The second-order valence-corrected chi connectivity index (χ2v) is 5.19. The Labute approximate surface area is 119 Å². The summed E-state index contributed by atoms with van der Waals surface area (Å²) in [5.41, 5.74) is -0.688. The van der Waals surface area contributed by atoms with E-state index < -0.39 is 11.7 Å². The lowest BCUT2D eigenvalue weighted by atomic mass is 10.2. The van der Waals surface area contributed by atoms with Crippen molar-refractivity contribution in [3.63, 3.8) is 0 Å². The van der Waals surface area contributed by atoms with E-state index in [-0.39, 0.29) is 29.2 Å². The van der Waals surface area contributed by atoms with Crippen molar-refractivity contribution in [2.45, 2.75) is 25.1 Å². The molecule has 1 N–H and O–H groups in total. The highest BCUT2D eigenvalue weighted by Gasteiger charge is 2.31. The minimum atomic E-state index is -4.43. The highest BCUT2D eigenvalue weighted by Crippen LogP contribution is 2.33. The summed E-state index contributed by atoms with van der Waals surface area (Å²) in [4.78, 5) is 13.4. The van der Waals surface area contributed by atoms with Crippen LogP contribution in [0.15, 0.2) is 18.2 Å². The number of alkyl halides is 3. The van der Waals surface area contributed by atoms with Gasteiger partial charge in [-0.25, -0.2) is 0 Å². The average molecular weight is 307 g/mol. The Hall–Kier alpha value is -1.43. The molecule has 1 aliphatic rings. The molecule has 0 aromatic heterocycles. The minimum Gasteiger partial charge on any atom is -0.375 e. The summed E-state index contributed by atoms with van der Waals surface area (Å²) in [5, 5.41) is 2.82. The topological polar surface area (TPSA) is 32.3 Å². The molecule has 0 radical (unpaired) electrons. The van der Waals surface area contributed by atoms with E-state index in [0.29, 0.717) is 0 Å². The third-order valence-corrected chi connectivity index (χ3v) is 3.54. The lowest BCUT2D eigenvalue weighted by molar-refractivity contribution is -0.137. The molecule has 3 nitrogen and oxygen atoms in total. The molecule has 0 spiro atoms. The first-order valence-electron chi connectivity index (χ1n) is 6.15. The molecule has 0 aliphatic heterocycles. The number of nitrogens with zero attached hydrogens (tertiary/aromatic N) is 1. The Bertz CT molecular complexity index is 515. The van der Waals surface area contributed by atoms with Gasteiger partial charge in [-0.3, -0.25) is 4.79 Å². The number of nitrogens with one attached hydrogen (secondary N) is 1. The normalized spacial score (nSPS) is 15.1. The molecule has 1 aromatic rings. The first kappa shape index (κ1) is 15.0. The van der Waals surface area contributed by atoms with Gasteiger partial charge in [0.05, 0.1) is 22.8 Å². The summed E-state index contributed by atoms with van der Waals surface area (Å²) in [7, 11) is 1.69. The smallest absolute Gasteiger partial charge is 0.375 e. The van der Waals surface area contributed by atoms with Gasteiger partial charge in [-0.05, 0) is 31.0 Å². The van der Waals surface area contributed by atoms with Crippen molar-refractivity contribution in [2.75, 3.05) is 18.9 Å². The maximum Gasteiger partial charge on any atom is 0.416 e. The van der Waals surface area contributed by atoms with Crippen LogP contribution < -0.4 is 5.32 Å². The zero-order valence-electron chi connectivity index (χ0n) is 10.8. The van der Waals surface area contributed by atoms with Crippen molar-refractivity contribution < 1.29 is 18.0 Å². The van der Waals surface area contributed by atoms with E-state index >= 15 is 0 Å². The van der Waals surface area contributed by atoms with E-state index in [2.05, 4.69) is 5.32 Å². The van der Waals surface area contributed by atoms with Crippen molar-refractivity contribution in [2.24, 2.45) is 0 Å². The number of hydrogen-bond donors (Lipinski definition) is 1. The molecule has 1 aromatic carbocycles. The molecule has 0 bridgehead atoms. The minimum absolute atomic E-state index is 0.0754. The molecular formula is C13H14ClF3N2O. The van der Waals surface area contributed by atoms with Crippen LogP contribution in [0.1, 0.15) is 18.4 Å². The molecule has 1 aliphatic carbocycles. The summed E-state index contributed by atoms with van der Waals surface area (Å²) in [6, 6.07) is 3.25. The van der Waals surface area contributed by atoms with Crippen LogP contribution in [0.2, 0.25) is 5.02 Å². The molecular weight excluding hydrogens is 293 g/mol. The maximum atomic E-state index is 12.6. The third kappa shape index (κ3) is 3.56. The Kier molecular flexibility index (Phi) is 4.13. The number of carbonyl (C=O) groups excluding carboxylic acids is 1. The molecule has 2 rings (SSSR count). The maximum absolute atomic E-state index is 12.6. The van der Waals surface area contributed by atoms with Gasteiger partial charge in [-0.2, -0.15) is 13.2 Å². The van der Waals surface area contributed by atoms with Crippen molar-refractivity contribution >= 4 is 23.2 Å². The number of amides is 1. The summed E-state index contributed by atoms with van der Waals surface area (Å²) < 4.78 is 37.8. The molecule has 0 unspecified atom stereocenters. The lowest BCUT2D eigenvalue weighted by Crippen LogP contribution is -2.33. The second-order valence-electron chi connectivity index (χ2n) is 4.78. The van der Waals surface area contributed by atoms with Crippen LogP contribution in [-0.2, 0) is 11.0 Å². The van der Waals surface area contributed by atoms with Crippen molar-refractivity contribution in [1.29, 1.82) is 0 Å². The van der Waals surface area contributed by atoms with Crippen molar-refractivity contribution in [3.05, 3.63) is 28.8 Å². The fourth-order valence-electron chi connectivity index (χ4n) is 1.80. The highest BCUT2D eigenvalue weighted by molar-refractivity contribution is 6.33. The molecule has 0 heterocycles. The number of halogens is 4. The quantitative estimate of drug-likeness (QED) is 0.925. The second kappa shape index (κ2) is 5.52. The van der Waals surface area contributed by atoms with Gasteiger partial charge in [-0.15, -0.1) is 0 Å². The van der Waals surface area contributed by atoms with Crippen LogP contribution in [0.25, 0.3) is 0 Å². The number of benzene rings is 1. The average Bonchev–Trinajstić information content (AvgIpc) is 3.19. The first-order valence-corrected chi connectivity index (χ1v) is 6.53. The molecule has 20 heavy (non-hydrogen) atoms. The Balaban J connectivity index is 2.03. The Morgan fingerprint density at radius 1 is 1.45 bits per heavy atom. The summed E-state index contributed by atoms with van der Waals surface area (Å²) in [6.45, 7) is -0.0754. The SMILES string of the molecule is CN(C(=O)CNc1cc(C(F)(F)F)ccc1Cl)C1CC1. The Morgan fingerprint density at radius 2 is 2.10 bits per heavy atom. The largest absolute Gasteiger partial charge is 0.416 e. The fraction of sp³-hybridized carbons (Fsp3) is 0.462. The van der Waals surface area contributed by atoms with Crippen LogP contribution >= 0.6 is 11.6 Å². The molecule has 0 saturated heterocycles. The summed E-state index contributed by atoms with van der Waals surface area (Å²) in [6.07, 6.45) is -2.48. The zero-order valence-corrected chi connectivity index (χ0v) is 11.6. The zero-order chi connectivity index (χ0) is 14.9. The number of anilines is 1. The van der Waals surface area contributed by atoms with Gasteiger partial charge in [-0.1, -0.05) is 11.6 Å². The van der Waals surface area contributed by atoms with Crippen LogP contribution in [-0.4, -0.2) is 30.4 Å². The number of hydrogen-bond acceptors (Lipinski definition) is 2. The molecule has 1 amide bonds.